The number of amides is 2. The maximum Gasteiger partial charge on any atom is 0.257 e. The fourth-order valence-corrected chi connectivity index (χ4v) is 4.27. The molecular weight excluding hydrogens is 400 g/mol. The minimum absolute atomic E-state index is 0.0152. The lowest BCUT2D eigenvalue weighted by molar-refractivity contribution is -0.134. The van der Waals surface area contributed by atoms with Crippen molar-refractivity contribution < 1.29 is 14.3 Å². The molecule has 3 rings (SSSR count). The summed E-state index contributed by atoms with van der Waals surface area (Å²) >= 11 is 0. The van der Waals surface area contributed by atoms with Crippen molar-refractivity contribution in [2.75, 3.05) is 26.7 Å². The number of benzene rings is 2. The second kappa shape index (κ2) is 11.7. The number of para-hydroxylation sites is 1. The van der Waals surface area contributed by atoms with Gasteiger partial charge in [-0.25, -0.2) is 0 Å². The summed E-state index contributed by atoms with van der Waals surface area (Å²) in [6.07, 6.45) is 3.83. The number of aryl methyl sites for hydroxylation is 1. The largest absolute Gasteiger partial charge is 0.491 e. The van der Waals surface area contributed by atoms with Crippen LogP contribution in [0, 0.1) is 5.92 Å². The molecule has 32 heavy (non-hydrogen) atoms. The molecule has 0 bridgehead atoms. The van der Waals surface area contributed by atoms with Crippen molar-refractivity contribution in [3.8, 4) is 5.75 Å². The van der Waals surface area contributed by atoms with Gasteiger partial charge in [0.15, 0.2) is 0 Å². The molecular formula is C27H36N2O3. The molecule has 5 nitrogen and oxygen atoms in total. The summed E-state index contributed by atoms with van der Waals surface area (Å²) in [4.78, 5) is 30.0. The van der Waals surface area contributed by atoms with E-state index in [0.29, 0.717) is 43.3 Å². The van der Waals surface area contributed by atoms with E-state index in [-0.39, 0.29) is 17.9 Å². The highest BCUT2D eigenvalue weighted by molar-refractivity contribution is 5.96. The molecule has 1 aliphatic rings. The van der Waals surface area contributed by atoms with Crippen molar-refractivity contribution in [3.05, 3.63) is 65.7 Å². The van der Waals surface area contributed by atoms with Crippen LogP contribution in [-0.2, 0) is 11.2 Å². The second-order valence-electron chi connectivity index (χ2n) is 9.10. The van der Waals surface area contributed by atoms with Gasteiger partial charge in [0.05, 0.1) is 11.6 Å². The molecule has 0 aromatic heterocycles. The van der Waals surface area contributed by atoms with Crippen LogP contribution in [0.25, 0.3) is 0 Å². The van der Waals surface area contributed by atoms with Gasteiger partial charge < -0.3 is 14.5 Å². The lowest BCUT2D eigenvalue weighted by Gasteiger charge is -2.34. The van der Waals surface area contributed by atoms with Gasteiger partial charge in [0.25, 0.3) is 5.91 Å². The van der Waals surface area contributed by atoms with E-state index >= 15 is 0 Å². The maximum absolute atomic E-state index is 13.3. The van der Waals surface area contributed by atoms with Crippen LogP contribution < -0.4 is 4.74 Å². The van der Waals surface area contributed by atoms with E-state index in [4.69, 9.17) is 4.74 Å². The molecule has 2 aromatic carbocycles. The number of hydrogen-bond donors (Lipinski definition) is 0. The molecule has 1 heterocycles. The van der Waals surface area contributed by atoms with Crippen molar-refractivity contribution in [3.63, 3.8) is 0 Å². The van der Waals surface area contributed by atoms with Crippen molar-refractivity contribution >= 4 is 11.8 Å². The van der Waals surface area contributed by atoms with E-state index in [1.165, 1.54) is 5.56 Å². The molecule has 0 unspecified atom stereocenters. The first-order chi connectivity index (χ1) is 15.5. The lowest BCUT2D eigenvalue weighted by atomic mass is 10.0. The van der Waals surface area contributed by atoms with Crippen LogP contribution in [0.2, 0.25) is 0 Å². The first kappa shape index (κ1) is 23.8. The van der Waals surface area contributed by atoms with E-state index in [1.807, 2.05) is 54.4 Å². The predicted octanol–water partition coefficient (Wildman–Crippen LogP) is 4.81. The average Bonchev–Trinajstić information content (AvgIpc) is 2.80. The Labute approximate surface area is 192 Å². The van der Waals surface area contributed by atoms with Gasteiger partial charge in [0, 0.05) is 26.6 Å². The van der Waals surface area contributed by atoms with Crippen LogP contribution in [0.5, 0.6) is 5.75 Å². The number of ether oxygens (including phenoxy) is 1. The Morgan fingerprint density at radius 1 is 1.03 bits per heavy atom. The van der Waals surface area contributed by atoms with E-state index < -0.39 is 0 Å². The molecule has 1 atom stereocenters. The van der Waals surface area contributed by atoms with Gasteiger partial charge in [-0.1, -0.05) is 56.3 Å². The first-order valence-electron chi connectivity index (χ1n) is 11.8. The fourth-order valence-electron chi connectivity index (χ4n) is 4.27. The lowest BCUT2D eigenvalue weighted by Crippen LogP contribution is -2.45. The third-order valence-electron chi connectivity index (χ3n) is 6.01. The number of carbonyl (C=O) groups excluding carboxylic acids is 2. The molecule has 0 spiro atoms. The van der Waals surface area contributed by atoms with Gasteiger partial charge >= 0.3 is 0 Å². The zero-order chi connectivity index (χ0) is 22.9. The molecule has 1 aliphatic heterocycles. The quantitative estimate of drug-likeness (QED) is 0.676. The Bertz CT molecular complexity index is 881. The third-order valence-corrected chi connectivity index (χ3v) is 6.01. The van der Waals surface area contributed by atoms with Crippen LogP contribution in [0.1, 0.15) is 55.5 Å². The van der Waals surface area contributed by atoms with Gasteiger partial charge in [-0.15, -0.1) is 0 Å². The van der Waals surface area contributed by atoms with Gasteiger partial charge in [0.2, 0.25) is 5.91 Å². The van der Waals surface area contributed by atoms with E-state index in [9.17, 15) is 9.59 Å². The molecule has 5 heteroatoms. The smallest absolute Gasteiger partial charge is 0.257 e. The Balaban J connectivity index is 1.81. The minimum atomic E-state index is -0.0163. The molecule has 0 saturated heterocycles. The molecule has 0 radical (unpaired) electrons. The second-order valence-corrected chi connectivity index (χ2v) is 9.10. The highest BCUT2D eigenvalue weighted by Gasteiger charge is 2.26. The maximum atomic E-state index is 13.3. The van der Waals surface area contributed by atoms with E-state index in [0.717, 1.165) is 25.7 Å². The fraction of sp³-hybridized carbons (Fsp3) is 0.481. The Morgan fingerprint density at radius 3 is 2.47 bits per heavy atom. The molecule has 0 saturated carbocycles. The van der Waals surface area contributed by atoms with Gasteiger partial charge in [0.1, 0.15) is 12.4 Å². The van der Waals surface area contributed by atoms with Crippen molar-refractivity contribution in [1.29, 1.82) is 0 Å². The number of hydrogen-bond acceptors (Lipinski definition) is 3. The number of fused-ring (bicyclic) bond motifs is 1. The van der Waals surface area contributed by atoms with E-state index in [2.05, 4.69) is 26.0 Å². The summed E-state index contributed by atoms with van der Waals surface area (Å²) in [5.41, 5.74) is 1.77. The van der Waals surface area contributed by atoms with Crippen LogP contribution in [0.4, 0.5) is 0 Å². The summed E-state index contributed by atoms with van der Waals surface area (Å²) in [5.74, 6) is 1.19. The zero-order valence-electron chi connectivity index (χ0n) is 19.6. The third kappa shape index (κ3) is 6.59. The summed E-state index contributed by atoms with van der Waals surface area (Å²) in [6.45, 7) is 6.10. The first-order valence-corrected chi connectivity index (χ1v) is 11.8. The molecule has 0 aliphatic carbocycles. The topological polar surface area (TPSA) is 49.9 Å². The Morgan fingerprint density at radius 2 is 1.72 bits per heavy atom. The van der Waals surface area contributed by atoms with Gasteiger partial charge in [-0.2, -0.15) is 0 Å². The van der Waals surface area contributed by atoms with Crippen LogP contribution in [0.3, 0.4) is 0 Å². The summed E-state index contributed by atoms with van der Waals surface area (Å²) in [5, 5.41) is 0. The SMILES string of the molecule is CC(C)C[C@H]1COc2ccccc2C(=O)N(C)CCCCN1C(=O)CCc1ccccc1. The Kier molecular flexibility index (Phi) is 8.72. The Hall–Kier alpha value is -2.82. The standard InChI is InChI=1S/C27H36N2O3/c1-21(2)19-23-20-32-25-14-8-7-13-24(25)27(31)28(3)17-9-10-18-29(23)26(30)16-15-22-11-5-4-6-12-22/h4-8,11-14,21,23H,9-10,15-20H2,1-3H3/t23-/m0/s1. The molecule has 0 N–H and O–H groups in total. The van der Waals surface area contributed by atoms with Crippen molar-refractivity contribution in [2.24, 2.45) is 5.92 Å². The van der Waals surface area contributed by atoms with Crippen molar-refractivity contribution in [1.82, 2.24) is 9.80 Å². The molecule has 2 amide bonds. The highest BCUT2D eigenvalue weighted by atomic mass is 16.5. The number of rotatable bonds is 5. The minimum Gasteiger partial charge on any atom is -0.491 e. The highest BCUT2D eigenvalue weighted by Crippen LogP contribution is 2.23. The van der Waals surface area contributed by atoms with Gasteiger partial charge in [-0.05, 0) is 49.3 Å². The molecule has 2 aromatic rings. The summed E-state index contributed by atoms with van der Waals surface area (Å²) in [7, 11) is 1.83. The van der Waals surface area contributed by atoms with Crippen LogP contribution >= 0.6 is 0 Å². The normalized spacial score (nSPS) is 17.9. The summed E-state index contributed by atoms with van der Waals surface area (Å²) < 4.78 is 6.19. The monoisotopic (exact) mass is 436 g/mol. The predicted molar refractivity (Wildman–Crippen MR) is 128 cm³/mol. The summed E-state index contributed by atoms with van der Waals surface area (Å²) in [6, 6.07) is 17.6. The zero-order valence-corrected chi connectivity index (χ0v) is 19.6. The van der Waals surface area contributed by atoms with E-state index in [1.54, 1.807) is 4.90 Å². The van der Waals surface area contributed by atoms with Crippen LogP contribution in [0.15, 0.2) is 54.6 Å². The van der Waals surface area contributed by atoms with Crippen LogP contribution in [-0.4, -0.2) is 54.4 Å². The molecule has 0 fully saturated rings. The molecule has 172 valence electrons. The van der Waals surface area contributed by atoms with Gasteiger partial charge in [-0.3, -0.25) is 9.59 Å². The number of carbonyl (C=O) groups is 2. The van der Waals surface area contributed by atoms with Crippen molar-refractivity contribution in [2.45, 2.75) is 52.0 Å². The number of nitrogens with zero attached hydrogens (tertiary/aromatic N) is 2. The average molecular weight is 437 g/mol.